The normalized spacial score (nSPS) is 17.3. The van der Waals surface area contributed by atoms with Crippen molar-refractivity contribution in [1.29, 1.82) is 5.26 Å². The molecule has 1 aliphatic rings. The molecule has 0 aromatic heterocycles. The fourth-order valence-electron chi connectivity index (χ4n) is 7.98. The van der Waals surface area contributed by atoms with Gasteiger partial charge in [0.15, 0.2) is 21.4 Å². The lowest BCUT2D eigenvalue weighted by Gasteiger charge is -2.32. The van der Waals surface area contributed by atoms with Crippen molar-refractivity contribution in [2.45, 2.75) is 129 Å². The summed E-state index contributed by atoms with van der Waals surface area (Å²) in [7, 11) is -2.19. The van der Waals surface area contributed by atoms with E-state index in [1.165, 1.54) is 50.5 Å². The molecule has 0 saturated carbocycles. The van der Waals surface area contributed by atoms with E-state index < -0.39 is 57.1 Å². The van der Waals surface area contributed by atoms with Crippen molar-refractivity contribution in [3.8, 4) is 28.7 Å². The van der Waals surface area contributed by atoms with Gasteiger partial charge in [-0.1, -0.05) is 90.2 Å². The molecule has 3 rings (SSSR count). The lowest BCUT2D eigenvalue weighted by atomic mass is 9.89. The zero-order valence-electron chi connectivity index (χ0n) is 37.3. The molecular weight excluding hydrogens is 809 g/mol. The van der Waals surface area contributed by atoms with E-state index in [0.717, 1.165) is 25.7 Å². The minimum absolute atomic E-state index is 0.0289. The van der Waals surface area contributed by atoms with Gasteiger partial charge in [0, 0.05) is 56.4 Å². The monoisotopic (exact) mass is 881 g/mol. The van der Waals surface area contributed by atoms with Crippen LogP contribution < -0.4 is 32.0 Å². The second kappa shape index (κ2) is 27.6. The highest BCUT2D eigenvalue weighted by Gasteiger charge is 2.36. The summed E-state index contributed by atoms with van der Waals surface area (Å²) in [6.07, 6.45) is 11.7. The number of rotatable bonds is 27. The fraction of sp³-hybridized carbons (Fsp3) is 0.638. The number of sulfone groups is 1. The highest BCUT2D eigenvalue weighted by molar-refractivity contribution is 7.91. The molecule has 14 nitrogen and oxygen atoms in total. The highest BCUT2D eigenvalue weighted by atomic mass is 32.2. The number of Topliss-reactive ketones (excluding diaryl/α,β-unsaturated/α-hetero) is 2. The Kier molecular flexibility index (Phi) is 23.2. The molecule has 1 heterocycles. The number of nitrogens with two attached hydrogens (primary N) is 3. The Labute approximate surface area is 369 Å². The maximum absolute atomic E-state index is 14.6. The van der Waals surface area contributed by atoms with Gasteiger partial charge in [-0.15, -0.1) is 0 Å². The highest BCUT2D eigenvalue weighted by Crippen LogP contribution is 2.41. The Morgan fingerprint density at radius 3 is 2.02 bits per heavy atom. The largest absolute Gasteiger partial charge is 0.492 e. The lowest BCUT2D eigenvalue weighted by Crippen LogP contribution is -2.46. The number of carbonyl (C=O) groups is 4. The van der Waals surface area contributed by atoms with Crippen molar-refractivity contribution >= 4 is 33.2 Å². The van der Waals surface area contributed by atoms with Crippen molar-refractivity contribution < 1.29 is 37.1 Å². The second-order valence-corrected chi connectivity index (χ2v) is 18.8. The number of nitrogens with one attached hydrogen (secondary N) is 1. The first kappa shape index (κ1) is 52.0. The van der Waals surface area contributed by atoms with Crippen LogP contribution >= 0.6 is 0 Å². The number of likely N-dealkylation sites (N-methyl/N-ethyl adjacent to an activating group) is 1. The van der Waals surface area contributed by atoms with E-state index in [2.05, 4.69) is 12.2 Å². The molecule has 344 valence electrons. The molecule has 0 saturated heterocycles. The molecule has 0 aliphatic carbocycles. The maximum Gasteiger partial charge on any atom is 0.227 e. The first-order chi connectivity index (χ1) is 29.8. The first-order valence-electron chi connectivity index (χ1n) is 22.6. The third-order valence-electron chi connectivity index (χ3n) is 11.4. The standard InChI is InChI=1S/C47H72N6O8S/c1-4-5-6-7-8-9-10-11-12-13-14-28-62(58,59)33-37(21-23-49)47(57)53(3)45-36-18-20-44(61-27-25-51)39(32-36)38-30-35(17-19-43(38)60-26-24-50)31-40(41(54)16-15-22-48)52-46(56)34(2)29-42(45)55/h17-20,30,32,34,37,40,45H,4-16,21,23-29,31,33,49-51H2,1-3H3,(H,52,56)/t34-,37-,40+,45+/m1/s1. The van der Waals surface area contributed by atoms with Crippen molar-refractivity contribution in [3.05, 3.63) is 47.5 Å². The first-order valence-corrected chi connectivity index (χ1v) is 24.5. The van der Waals surface area contributed by atoms with E-state index in [4.69, 9.17) is 26.7 Å². The molecule has 4 atom stereocenters. The minimum Gasteiger partial charge on any atom is -0.492 e. The molecule has 2 amide bonds. The van der Waals surface area contributed by atoms with Crippen LogP contribution in [-0.4, -0.2) is 94.1 Å². The summed E-state index contributed by atoms with van der Waals surface area (Å²) >= 11 is 0. The van der Waals surface area contributed by atoms with Crippen LogP contribution in [0.4, 0.5) is 0 Å². The van der Waals surface area contributed by atoms with Crippen molar-refractivity contribution in [2.75, 3.05) is 51.4 Å². The van der Waals surface area contributed by atoms with Crippen molar-refractivity contribution in [1.82, 2.24) is 10.2 Å². The smallest absolute Gasteiger partial charge is 0.227 e. The summed E-state index contributed by atoms with van der Waals surface area (Å²) in [5.74, 6) is -3.43. The van der Waals surface area contributed by atoms with Crippen LogP contribution in [0, 0.1) is 23.2 Å². The van der Waals surface area contributed by atoms with Crippen molar-refractivity contribution in [3.63, 3.8) is 0 Å². The number of nitriles is 1. The van der Waals surface area contributed by atoms with E-state index in [-0.39, 0.29) is 76.5 Å². The van der Waals surface area contributed by atoms with Gasteiger partial charge in [0.1, 0.15) is 30.8 Å². The van der Waals surface area contributed by atoms with Gasteiger partial charge in [-0.25, -0.2) is 8.42 Å². The van der Waals surface area contributed by atoms with E-state index in [9.17, 15) is 32.9 Å². The van der Waals surface area contributed by atoms with Gasteiger partial charge in [-0.05, 0) is 61.2 Å². The van der Waals surface area contributed by atoms with Crippen molar-refractivity contribution in [2.24, 2.45) is 29.0 Å². The SMILES string of the molecule is CCCCCCCCCCCCCS(=O)(=O)C[C@@H](CCN)C(=O)N(C)[C@@H]1C(=O)C[C@@H](C)C(=O)N[C@H](C(=O)CCC#N)Cc2ccc(OCCN)c(c2)-c2cc1ccc2OCCN. The molecule has 0 radical (unpaired) electrons. The predicted octanol–water partition coefficient (Wildman–Crippen LogP) is 5.73. The average molecular weight is 881 g/mol. The lowest BCUT2D eigenvalue weighted by molar-refractivity contribution is -0.142. The summed E-state index contributed by atoms with van der Waals surface area (Å²) in [6, 6.07) is 10.2. The Hall–Kier alpha value is -4.36. The molecule has 62 heavy (non-hydrogen) atoms. The number of ether oxygens (including phenoxy) is 2. The molecule has 15 heteroatoms. The number of carbonyl (C=O) groups excluding carboxylic acids is 4. The van der Waals surface area contributed by atoms with Crippen LogP contribution in [0.3, 0.4) is 0 Å². The van der Waals surface area contributed by atoms with Crippen LogP contribution in [0.15, 0.2) is 36.4 Å². The molecule has 0 spiro atoms. The van der Waals surface area contributed by atoms with Gasteiger partial charge in [0.25, 0.3) is 0 Å². The number of nitrogens with zero attached hydrogens (tertiary/aromatic N) is 2. The number of benzene rings is 2. The summed E-state index contributed by atoms with van der Waals surface area (Å²) in [4.78, 5) is 57.5. The Morgan fingerprint density at radius 1 is 0.855 bits per heavy atom. The third kappa shape index (κ3) is 16.7. The number of unbranched alkanes of at least 4 members (excludes halogenated alkanes) is 10. The second-order valence-electron chi connectivity index (χ2n) is 16.6. The predicted molar refractivity (Wildman–Crippen MR) is 243 cm³/mol. The Balaban J connectivity index is 2.01. The van der Waals surface area contributed by atoms with Gasteiger partial charge in [-0.3, -0.25) is 19.2 Å². The molecule has 4 bridgehead atoms. The molecule has 7 N–H and O–H groups in total. The van der Waals surface area contributed by atoms with Gasteiger partial charge in [-0.2, -0.15) is 5.26 Å². The molecule has 0 fully saturated rings. The van der Waals surface area contributed by atoms with Crippen LogP contribution in [0.5, 0.6) is 11.5 Å². The number of fused-ring (bicyclic) bond motifs is 5. The maximum atomic E-state index is 14.6. The molecular formula is C47H72N6O8S. The summed E-state index contributed by atoms with van der Waals surface area (Å²) < 4.78 is 39.2. The molecule has 2 aromatic carbocycles. The van der Waals surface area contributed by atoms with E-state index in [1.54, 1.807) is 37.3 Å². The van der Waals surface area contributed by atoms with Crippen LogP contribution in [-0.2, 0) is 35.4 Å². The zero-order chi connectivity index (χ0) is 45.5. The average Bonchev–Trinajstić information content (AvgIpc) is 3.25. The molecule has 1 aliphatic heterocycles. The Bertz CT molecular complexity index is 1900. The third-order valence-corrected chi connectivity index (χ3v) is 13.2. The number of amides is 2. The summed E-state index contributed by atoms with van der Waals surface area (Å²) in [6.45, 7) is 4.62. The van der Waals surface area contributed by atoms with Crippen LogP contribution in [0.1, 0.15) is 127 Å². The quantitative estimate of drug-likeness (QED) is 0.0788. The van der Waals surface area contributed by atoms with Crippen LogP contribution in [0.25, 0.3) is 11.1 Å². The van der Waals surface area contributed by atoms with E-state index in [1.807, 2.05) is 12.1 Å². The van der Waals surface area contributed by atoms with Gasteiger partial charge < -0.3 is 36.9 Å². The van der Waals surface area contributed by atoms with Gasteiger partial charge >= 0.3 is 0 Å². The van der Waals surface area contributed by atoms with E-state index >= 15 is 0 Å². The summed E-state index contributed by atoms with van der Waals surface area (Å²) in [5, 5.41) is 12.0. The van der Waals surface area contributed by atoms with E-state index in [0.29, 0.717) is 40.2 Å². The summed E-state index contributed by atoms with van der Waals surface area (Å²) in [5.41, 5.74) is 19.8. The van der Waals surface area contributed by atoms with Crippen LogP contribution in [0.2, 0.25) is 0 Å². The number of hydrogen-bond acceptors (Lipinski definition) is 12. The zero-order valence-corrected chi connectivity index (χ0v) is 38.2. The number of ketones is 2. The molecule has 0 unspecified atom stereocenters. The minimum atomic E-state index is -3.66. The number of hydrogen-bond donors (Lipinski definition) is 4. The fourth-order valence-corrected chi connectivity index (χ4v) is 9.72. The van der Waals surface area contributed by atoms with Gasteiger partial charge in [0.2, 0.25) is 11.8 Å². The topological polar surface area (TPSA) is 238 Å². The van der Waals surface area contributed by atoms with Gasteiger partial charge in [0.05, 0.1) is 29.5 Å². The Morgan fingerprint density at radius 2 is 1.44 bits per heavy atom. The molecule has 2 aromatic rings.